The van der Waals surface area contributed by atoms with Crippen molar-refractivity contribution in [1.29, 1.82) is 0 Å². The highest BCUT2D eigenvalue weighted by Crippen LogP contribution is 2.20. The van der Waals surface area contributed by atoms with Gasteiger partial charge in [-0.3, -0.25) is 0 Å². The molecule has 0 atom stereocenters. The molecule has 1 aromatic carbocycles. The van der Waals surface area contributed by atoms with E-state index in [-0.39, 0.29) is 0 Å². The normalized spacial score (nSPS) is 10.8. The van der Waals surface area contributed by atoms with Gasteiger partial charge in [0.25, 0.3) is 0 Å². The van der Waals surface area contributed by atoms with Gasteiger partial charge in [0.05, 0.1) is 7.11 Å². The number of pyridine rings is 1. The molecule has 0 N–H and O–H groups in total. The molecule has 18 heavy (non-hydrogen) atoms. The molecule has 2 aromatic heterocycles. The Morgan fingerprint density at radius 2 is 1.89 bits per heavy atom. The standard InChI is InChI=1S/C14H13N3O/c1-10-4-3-9-17-14(10)15-13(16-17)11-5-7-12(18-2)8-6-11/h3-9H,1-2H3. The van der Waals surface area contributed by atoms with E-state index in [1.807, 2.05) is 49.5 Å². The van der Waals surface area contributed by atoms with Crippen LogP contribution in [0.3, 0.4) is 0 Å². The van der Waals surface area contributed by atoms with E-state index in [9.17, 15) is 0 Å². The number of benzene rings is 1. The Balaban J connectivity index is 2.10. The molecule has 0 aliphatic rings. The highest BCUT2D eigenvalue weighted by Gasteiger charge is 2.07. The Hall–Kier alpha value is -2.36. The zero-order valence-corrected chi connectivity index (χ0v) is 10.3. The summed E-state index contributed by atoms with van der Waals surface area (Å²) in [5.41, 5.74) is 2.99. The second-order valence-electron chi connectivity index (χ2n) is 4.12. The molecule has 3 aromatic rings. The van der Waals surface area contributed by atoms with Crippen LogP contribution in [0.1, 0.15) is 5.56 Å². The molecule has 0 unspecified atom stereocenters. The Kier molecular flexibility index (Phi) is 2.48. The lowest BCUT2D eigenvalue weighted by Gasteiger charge is -1.99. The maximum atomic E-state index is 5.14. The van der Waals surface area contributed by atoms with Crippen LogP contribution in [0.4, 0.5) is 0 Å². The highest BCUT2D eigenvalue weighted by atomic mass is 16.5. The second-order valence-corrected chi connectivity index (χ2v) is 4.12. The van der Waals surface area contributed by atoms with E-state index in [0.29, 0.717) is 0 Å². The summed E-state index contributed by atoms with van der Waals surface area (Å²) < 4.78 is 6.94. The number of nitrogens with zero attached hydrogens (tertiary/aromatic N) is 3. The molecular weight excluding hydrogens is 226 g/mol. The van der Waals surface area contributed by atoms with Crippen LogP contribution in [0, 0.1) is 6.92 Å². The first-order chi connectivity index (χ1) is 8.78. The average molecular weight is 239 g/mol. The van der Waals surface area contributed by atoms with Crippen molar-refractivity contribution in [1.82, 2.24) is 14.6 Å². The minimum atomic E-state index is 0.729. The molecule has 0 spiro atoms. The number of rotatable bonds is 2. The minimum Gasteiger partial charge on any atom is -0.497 e. The summed E-state index contributed by atoms with van der Waals surface area (Å²) in [4.78, 5) is 4.55. The smallest absolute Gasteiger partial charge is 0.182 e. The molecule has 0 saturated carbocycles. The lowest BCUT2D eigenvalue weighted by molar-refractivity contribution is 0.415. The van der Waals surface area contributed by atoms with Gasteiger partial charge >= 0.3 is 0 Å². The molecule has 4 heteroatoms. The van der Waals surface area contributed by atoms with E-state index >= 15 is 0 Å². The zero-order chi connectivity index (χ0) is 12.5. The average Bonchev–Trinajstić information content (AvgIpc) is 2.84. The maximum absolute atomic E-state index is 5.14. The summed E-state index contributed by atoms with van der Waals surface area (Å²) in [6.07, 6.45) is 1.91. The molecular formula is C14H13N3O. The van der Waals surface area contributed by atoms with Crippen molar-refractivity contribution in [2.75, 3.05) is 7.11 Å². The predicted octanol–water partition coefficient (Wildman–Crippen LogP) is 2.71. The summed E-state index contributed by atoms with van der Waals surface area (Å²) in [6, 6.07) is 11.7. The van der Waals surface area contributed by atoms with Crippen molar-refractivity contribution in [2.45, 2.75) is 6.92 Å². The van der Waals surface area contributed by atoms with Crippen LogP contribution >= 0.6 is 0 Å². The van der Waals surface area contributed by atoms with Gasteiger partial charge in [0, 0.05) is 11.8 Å². The third kappa shape index (κ3) is 1.72. The second kappa shape index (κ2) is 4.14. The zero-order valence-electron chi connectivity index (χ0n) is 10.3. The van der Waals surface area contributed by atoms with Crippen molar-refractivity contribution in [2.24, 2.45) is 0 Å². The van der Waals surface area contributed by atoms with E-state index in [1.54, 1.807) is 11.6 Å². The Bertz CT molecular complexity index is 686. The van der Waals surface area contributed by atoms with Crippen LogP contribution in [0.15, 0.2) is 42.6 Å². The molecule has 0 fully saturated rings. The molecule has 4 nitrogen and oxygen atoms in total. The van der Waals surface area contributed by atoms with Gasteiger partial charge in [0.15, 0.2) is 11.5 Å². The third-order valence-corrected chi connectivity index (χ3v) is 2.91. The lowest BCUT2D eigenvalue weighted by atomic mass is 10.2. The molecule has 0 saturated heterocycles. The SMILES string of the molecule is COc1ccc(-c2nc3c(C)cccn3n2)cc1. The molecule has 3 rings (SSSR count). The largest absolute Gasteiger partial charge is 0.497 e. The van der Waals surface area contributed by atoms with Crippen LogP contribution in [0.2, 0.25) is 0 Å². The van der Waals surface area contributed by atoms with Gasteiger partial charge in [-0.05, 0) is 42.8 Å². The van der Waals surface area contributed by atoms with E-state index < -0.39 is 0 Å². The van der Waals surface area contributed by atoms with Crippen LogP contribution in [0.5, 0.6) is 5.75 Å². The number of aryl methyl sites for hydroxylation is 1. The summed E-state index contributed by atoms with van der Waals surface area (Å²) in [5, 5.41) is 4.46. The van der Waals surface area contributed by atoms with Gasteiger partial charge < -0.3 is 4.74 Å². The first-order valence-electron chi connectivity index (χ1n) is 5.74. The highest BCUT2D eigenvalue weighted by molar-refractivity contribution is 5.60. The molecule has 0 aliphatic heterocycles. The van der Waals surface area contributed by atoms with Crippen molar-refractivity contribution >= 4 is 5.65 Å². The topological polar surface area (TPSA) is 39.4 Å². The Morgan fingerprint density at radius 1 is 1.11 bits per heavy atom. The van der Waals surface area contributed by atoms with E-state index in [0.717, 1.165) is 28.3 Å². The number of methoxy groups -OCH3 is 1. The number of ether oxygens (including phenoxy) is 1. The van der Waals surface area contributed by atoms with Gasteiger partial charge in [0.1, 0.15) is 5.75 Å². The molecule has 0 aliphatic carbocycles. The first kappa shape index (κ1) is 10.8. The van der Waals surface area contributed by atoms with Crippen LogP contribution < -0.4 is 4.74 Å². The fraction of sp³-hybridized carbons (Fsp3) is 0.143. The Morgan fingerprint density at radius 3 is 2.56 bits per heavy atom. The van der Waals surface area contributed by atoms with Crippen LogP contribution in [-0.4, -0.2) is 21.7 Å². The Labute approximate surface area is 105 Å². The fourth-order valence-corrected chi connectivity index (χ4v) is 1.90. The van der Waals surface area contributed by atoms with Gasteiger partial charge in [-0.25, -0.2) is 9.50 Å². The van der Waals surface area contributed by atoms with E-state index in [1.165, 1.54) is 0 Å². The predicted molar refractivity (Wildman–Crippen MR) is 69.7 cm³/mol. The van der Waals surface area contributed by atoms with Crippen LogP contribution in [0.25, 0.3) is 17.0 Å². The number of aromatic nitrogens is 3. The van der Waals surface area contributed by atoms with Crippen molar-refractivity contribution < 1.29 is 4.74 Å². The molecule has 0 radical (unpaired) electrons. The van der Waals surface area contributed by atoms with Crippen LogP contribution in [-0.2, 0) is 0 Å². The number of hydrogen-bond acceptors (Lipinski definition) is 3. The molecule has 2 heterocycles. The van der Waals surface area contributed by atoms with Gasteiger partial charge in [0.2, 0.25) is 0 Å². The van der Waals surface area contributed by atoms with E-state index in [4.69, 9.17) is 4.74 Å². The van der Waals surface area contributed by atoms with Gasteiger partial charge in [-0.2, -0.15) is 0 Å². The monoisotopic (exact) mass is 239 g/mol. The summed E-state index contributed by atoms with van der Waals surface area (Å²) in [5.74, 6) is 1.56. The molecule has 0 amide bonds. The van der Waals surface area contributed by atoms with E-state index in [2.05, 4.69) is 10.1 Å². The molecule has 0 bridgehead atoms. The number of fused-ring (bicyclic) bond motifs is 1. The van der Waals surface area contributed by atoms with Crippen molar-refractivity contribution in [3.05, 3.63) is 48.2 Å². The van der Waals surface area contributed by atoms with Crippen molar-refractivity contribution in [3.63, 3.8) is 0 Å². The summed E-state index contributed by atoms with van der Waals surface area (Å²) in [7, 11) is 1.65. The third-order valence-electron chi connectivity index (χ3n) is 2.91. The lowest BCUT2D eigenvalue weighted by Crippen LogP contribution is -1.87. The first-order valence-corrected chi connectivity index (χ1v) is 5.74. The molecule has 90 valence electrons. The number of hydrogen-bond donors (Lipinski definition) is 0. The van der Waals surface area contributed by atoms with Gasteiger partial charge in [-0.15, -0.1) is 5.10 Å². The summed E-state index contributed by atoms with van der Waals surface area (Å²) >= 11 is 0. The fourth-order valence-electron chi connectivity index (χ4n) is 1.90. The maximum Gasteiger partial charge on any atom is 0.182 e. The van der Waals surface area contributed by atoms with Gasteiger partial charge in [-0.1, -0.05) is 6.07 Å². The minimum absolute atomic E-state index is 0.729. The quantitative estimate of drug-likeness (QED) is 0.690. The summed E-state index contributed by atoms with van der Waals surface area (Å²) in [6.45, 7) is 2.03. The van der Waals surface area contributed by atoms with Crippen molar-refractivity contribution in [3.8, 4) is 17.1 Å².